The highest BCUT2D eigenvalue weighted by molar-refractivity contribution is 5.53. The largest absolute Gasteiger partial charge is 0.493 e. The smallest absolute Gasteiger partial charge is 0.137 e. The second-order valence-electron chi connectivity index (χ2n) is 5.35. The van der Waals surface area contributed by atoms with E-state index in [4.69, 9.17) is 4.74 Å². The van der Waals surface area contributed by atoms with Gasteiger partial charge in [0.2, 0.25) is 0 Å². The zero-order valence-corrected chi connectivity index (χ0v) is 12.0. The standard InChI is InChI=1S/C17H17N3O/c1-12-15(20-8-3-2-4-17(20)19-12)11-18-14-5-6-16-13(10-14)7-9-21-16/h2-6,8,10,18H,7,9,11H2,1H3. The number of imidazole rings is 1. The van der Waals surface area contributed by atoms with Crippen molar-refractivity contribution in [2.45, 2.75) is 19.9 Å². The van der Waals surface area contributed by atoms with Crippen LogP contribution in [-0.2, 0) is 13.0 Å². The van der Waals surface area contributed by atoms with Gasteiger partial charge in [0.25, 0.3) is 0 Å². The number of benzene rings is 1. The predicted molar refractivity (Wildman–Crippen MR) is 82.9 cm³/mol. The summed E-state index contributed by atoms with van der Waals surface area (Å²) in [6, 6.07) is 12.4. The van der Waals surface area contributed by atoms with Crippen LogP contribution < -0.4 is 10.1 Å². The molecule has 0 radical (unpaired) electrons. The maximum Gasteiger partial charge on any atom is 0.137 e. The fraction of sp³-hybridized carbons (Fsp3) is 0.235. The van der Waals surface area contributed by atoms with Gasteiger partial charge in [0.05, 0.1) is 24.5 Å². The Kier molecular flexibility index (Phi) is 2.81. The molecule has 0 bridgehead atoms. The van der Waals surface area contributed by atoms with Crippen molar-refractivity contribution in [1.29, 1.82) is 0 Å². The summed E-state index contributed by atoms with van der Waals surface area (Å²) < 4.78 is 7.68. The molecule has 1 aliphatic rings. The molecule has 0 saturated heterocycles. The second-order valence-corrected chi connectivity index (χ2v) is 5.35. The maximum atomic E-state index is 5.54. The number of anilines is 1. The van der Waals surface area contributed by atoms with Crippen molar-refractivity contribution < 1.29 is 4.74 Å². The average Bonchev–Trinajstić information content (AvgIpc) is 3.08. The van der Waals surface area contributed by atoms with E-state index in [9.17, 15) is 0 Å². The first-order valence-electron chi connectivity index (χ1n) is 7.23. The highest BCUT2D eigenvalue weighted by atomic mass is 16.5. The monoisotopic (exact) mass is 279 g/mol. The van der Waals surface area contributed by atoms with Crippen LogP contribution in [0, 0.1) is 6.92 Å². The lowest BCUT2D eigenvalue weighted by atomic mass is 10.1. The van der Waals surface area contributed by atoms with E-state index in [-0.39, 0.29) is 0 Å². The van der Waals surface area contributed by atoms with E-state index < -0.39 is 0 Å². The van der Waals surface area contributed by atoms with E-state index in [1.807, 2.05) is 24.3 Å². The van der Waals surface area contributed by atoms with Gasteiger partial charge in [0.15, 0.2) is 0 Å². The molecule has 0 fully saturated rings. The first-order chi connectivity index (χ1) is 10.3. The molecule has 0 aliphatic carbocycles. The molecule has 106 valence electrons. The van der Waals surface area contributed by atoms with E-state index in [1.54, 1.807) is 0 Å². The molecule has 1 N–H and O–H groups in total. The fourth-order valence-electron chi connectivity index (χ4n) is 2.86. The molecule has 0 saturated carbocycles. The summed E-state index contributed by atoms with van der Waals surface area (Å²) >= 11 is 0. The number of pyridine rings is 1. The van der Waals surface area contributed by atoms with Crippen LogP contribution in [0.2, 0.25) is 0 Å². The molecule has 2 aromatic heterocycles. The molecule has 21 heavy (non-hydrogen) atoms. The van der Waals surface area contributed by atoms with Crippen molar-refractivity contribution in [1.82, 2.24) is 9.38 Å². The van der Waals surface area contributed by atoms with Gasteiger partial charge in [-0.2, -0.15) is 0 Å². The Morgan fingerprint density at radius 2 is 2.24 bits per heavy atom. The van der Waals surface area contributed by atoms with Gasteiger partial charge in [-0.05, 0) is 42.8 Å². The number of nitrogens with one attached hydrogen (secondary N) is 1. The highest BCUT2D eigenvalue weighted by Crippen LogP contribution is 2.28. The van der Waals surface area contributed by atoms with Gasteiger partial charge >= 0.3 is 0 Å². The van der Waals surface area contributed by atoms with Crippen LogP contribution in [0.25, 0.3) is 5.65 Å². The Bertz CT molecular complexity index is 807. The average molecular weight is 279 g/mol. The summed E-state index contributed by atoms with van der Waals surface area (Å²) in [5, 5.41) is 3.49. The zero-order valence-electron chi connectivity index (χ0n) is 12.0. The van der Waals surface area contributed by atoms with Crippen LogP contribution in [0.15, 0.2) is 42.6 Å². The lowest BCUT2D eigenvalue weighted by Gasteiger charge is -2.09. The van der Waals surface area contributed by atoms with Crippen LogP contribution in [0.3, 0.4) is 0 Å². The van der Waals surface area contributed by atoms with Crippen LogP contribution >= 0.6 is 0 Å². The van der Waals surface area contributed by atoms with Crippen molar-refractivity contribution in [3.63, 3.8) is 0 Å². The number of rotatable bonds is 3. The lowest BCUT2D eigenvalue weighted by Crippen LogP contribution is -2.04. The summed E-state index contributed by atoms with van der Waals surface area (Å²) in [7, 11) is 0. The molecule has 0 amide bonds. The van der Waals surface area contributed by atoms with Crippen LogP contribution in [0.5, 0.6) is 5.75 Å². The summed E-state index contributed by atoms with van der Waals surface area (Å²) in [5.41, 5.74) is 5.68. The minimum absolute atomic E-state index is 0.761. The molecule has 0 atom stereocenters. The molecular formula is C17H17N3O. The van der Waals surface area contributed by atoms with Gasteiger partial charge in [0.1, 0.15) is 11.4 Å². The van der Waals surface area contributed by atoms with Crippen molar-refractivity contribution >= 4 is 11.3 Å². The zero-order chi connectivity index (χ0) is 14.2. The normalized spacial score (nSPS) is 13.2. The molecule has 4 rings (SSSR count). The molecule has 0 unspecified atom stereocenters. The van der Waals surface area contributed by atoms with Crippen molar-refractivity contribution in [3.05, 3.63) is 59.5 Å². The minimum atomic E-state index is 0.761. The first kappa shape index (κ1) is 12.3. The van der Waals surface area contributed by atoms with E-state index >= 15 is 0 Å². The Balaban J connectivity index is 1.60. The molecular weight excluding hydrogens is 262 g/mol. The number of hydrogen-bond acceptors (Lipinski definition) is 3. The number of ether oxygens (including phenoxy) is 1. The van der Waals surface area contributed by atoms with Gasteiger partial charge in [-0.1, -0.05) is 6.07 Å². The lowest BCUT2D eigenvalue weighted by molar-refractivity contribution is 0.357. The number of fused-ring (bicyclic) bond motifs is 2. The molecule has 3 aromatic rings. The van der Waals surface area contributed by atoms with Crippen molar-refractivity contribution in [2.24, 2.45) is 0 Å². The SMILES string of the molecule is Cc1nc2ccccn2c1CNc1ccc2c(c1)CCO2. The summed E-state index contributed by atoms with van der Waals surface area (Å²) in [6.45, 7) is 3.61. The van der Waals surface area contributed by atoms with Gasteiger partial charge in [-0.25, -0.2) is 4.98 Å². The Labute approximate surface area is 123 Å². The van der Waals surface area contributed by atoms with Gasteiger partial charge < -0.3 is 14.5 Å². The van der Waals surface area contributed by atoms with E-state index in [0.29, 0.717) is 0 Å². The molecule has 1 aliphatic heterocycles. The minimum Gasteiger partial charge on any atom is -0.493 e. The van der Waals surface area contributed by atoms with Gasteiger partial charge in [-0.3, -0.25) is 0 Å². The Hall–Kier alpha value is -2.49. The van der Waals surface area contributed by atoms with Crippen LogP contribution in [-0.4, -0.2) is 16.0 Å². The van der Waals surface area contributed by atoms with Crippen LogP contribution in [0.4, 0.5) is 5.69 Å². The quantitative estimate of drug-likeness (QED) is 0.800. The number of hydrogen-bond donors (Lipinski definition) is 1. The van der Waals surface area contributed by atoms with Gasteiger partial charge in [-0.15, -0.1) is 0 Å². The first-order valence-corrected chi connectivity index (χ1v) is 7.23. The van der Waals surface area contributed by atoms with Crippen molar-refractivity contribution in [3.8, 4) is 5.75 Å². The number of nitrogens with zero attached hydrogens (tertiary/aromatic N) is 2. The van der Waals surface area contributed by atoms with E-state index in [0.717, 1.165) is 42.4 Å². The molecule has 4 heteroatoms. The third-order valence-electron chi connectivity index (χ3n) is 3.98. The Morgan fingerprint density at radius 1 is 1.29 bits per heavy atom. The fourth-order valence-corrected chi connectivity index (χ4v) is 2.86. The van der Waals surface area contributed by atoms with Crippen molar-refractivity contribution in [2.75, 3.05) is 11.9 Å². The topological polar surface area (TPSA) is 38.6 Å². The highest BCUT2D eigenvalue weighted by Gasteiger charge is 2.12. The second kappa shape index (κ2) is 4.81. The molecule has 3 heterocycles. The van der Waals surface area contributed by atoms with E-state index in [2.05, 4.69) is 40.0 Å². The third kappa shape index (κ3) is 2.13. The predicted octanol–water partition coefficient (Wildman–Crippen LogP) is 3.19. The molecule has 1 aromatic carbocycles. The number of aryl methyl sites for hydroxylation is 1. The van der Waals surface area contributed by atoms with E-state index in [1.165, 1.54) is 11.3 Å². The summed E-state index contributed by atoms with van der Waals surface area (Å²) in [4.78, 5) is 4.59. The Morgan fingerprint density at radius 3 is 3.19 bits per heavy atom. The number of aromatic nitrogens is 2. The summed E-state index contributed by atoms with van der Waals surface area (Å²) in [5.74, 6) is 1.02. The van der Waals surface area contributed by atoms with Gasteiger partial charge in [0, 0.05) is 18.3 Å². The maximum absolute atomic E-state index is 5.54. The third-order valence-corrected chi connectivity index (χ3v) is 3.98. The molecule has 4 nitrogen and oxygen atoms in total. The molecule has 0 spiro atoms. The summed E-state index contributed by atoms with van der Waals surface area (Å²) in [6.07, 6.45) is 3.06. The van der Waals surface area contributed by atoms with Crippen LogP contribution in [0.1, 0.15) is 17.0 Å².